The summed E-state index contributed by atoms with van der Waals surface area (Å²) < 4.78 is -0.792. The van der Waals surface area contributed by atoms with Crippen molar-refractivity contribution < 1.29 is 9.90 Å². The highest BCUT2D eigenvalue weighted by Gasteiger charge is 2.08. The van der Waals surface area contributed by atoms with Gasteiger partial charge in [0.25, 0.3) is 0 Å². The number of halogens is 1. The summed E-state index contributed by atoms with van der Waals surface area (Å²) >= 11 is 6.26. The third-order valence-electron chi connectivity index (χ3n) is 0.401. The Morgan fingerprint density at radius 2 is 2.43 bits per heavy atom. The Balaban J connectivity index is 3.34. The van der Waals surface area contributed by atoms with Gasteiger partial charge in [0, 0.05) is 0 Å². The van der Waals surface area contributed by atoms with Crippen molar-refractivity contribution in [2.75, 3.05) is 6.26 Å². The first-order valence-corrected chi connectivity index (χ1v) is 3.30. The largest absolute Gasteiger partial charge is 0.480 e. The van der Waals surface area contributed by atoms with Crippen LogP contribution in [-0.4, -0.2) is 22.0 Å². The van der Waals surface area contributed by atoms with Gasteiger partial charge in [-0.3, -0.25) is 0 Å². The standard InChI is InChI=1S/C3H5ClO2S/c1-7-2(4)3(5)6/h2H,1H3,(H,5,6). The average molecular weight is 141 g/mol. The number of aliphatic carboxylic acids is 1. The summed E-state index contributed by atoms with van der Waals surface area (Å²) in [6.07, 6.45) is 1.64. The zero-order valence-corrected chi connectivity index (χ0v) is 5.29. The normalized spacial score (nSPS) is 13.4. The summed E-state index contributed by atoms with van der Waals surface area (Å²) in [6.45, 7) is 0. The second-order valence-corrected chi connectivity index (χ2v) is 2.53. The van der Waals surface area contributed by atoms with E-state index in [-0.39, 0.29) is 0 Å². The smallest absolute Gasteiger partial charge is 0.331 e. The maximum Gasteiger partial charge on any atom is 0.331 e. The Morgan fingerprint density at radius 1 is 2.00 bits per heavy atom. The zero-order valence-electron chi connectivity index (χ0n) is 3.72. The van der Waals surface area contributed by atoms with E-state index in [0.29, 0.717) is 0 Å². The molecule has 2 nitrogen and oxygen atoms in total. The van der Waals surface area contributed by atoms with Crippen molar-refractivity contribution in [1.82, 2.24) is 0 Å². The van der Waals surface area contributed by atoms with Crippen molar-refractivity contribution in [3.05, 3.63) is 0 Å². The fourth-order valence-corrected chi connectivity index (χ4v) is 0.302. The van der Waals surface area contributed by atoms with E-state index in [2.05, 4.69) is 0 Å². The van der Waals surface area contributed by atoms with E-state index < -0.39 is 10.7 Å². The van der Waals surface area contributed by atoms with Gasteiger partial charge in [0.15, 0.2) is 4.71 Å². The minimum absolute atomic E-state index is 0.792. The molecular formula is C3H5ClO2S. The molecule has 0 aliphatic rings. The minimum Gasteiger partial charge on any atom is -0.480 e. The first kappa shape index (κ1) is 7.11. The monoisotopic (exact) mass is 140 g/mol. The van der Waals surface area contributed by atoms with Gasteiger partial charge in [0.1, 0.15) is 0 Å². The van der Waals surface area contributed by atoms with Crippen LogP contribution in [0.15, 0.2) is 0 Å². The fourth-order valence-electron chi connectivity index (χ4n) is 0.101. The second-order valence-electron chi connectivity index (χ2n) is 0.890. The first-order chi connectivity index (χ1) is 3.18. The van der Waals surface area contributed by atoms with E-state index in [1.54, 1.807) is 6.26 Å². The lowest BCUT2D eigenvalue weighted by atomic mass is 10.8. The van der Waals surface area contributed by atoms with Gasteiger partial charge in [-0.15, -0.1) is 11.8 Å². The number of rotatable bonds is 2. The summed E-state index contributed by atoms with van der Waals surface area (Å²) in [6, 6.07) is 0. The lowest BCUT2D eigenvalue weighted by molar-refractivity contribution is -0.134. The van der Waals surface area contributed by atoms with E-state index in [4.69, 9.17) is 16.7 Å². The lowest BCUT2D eigenvalue weighted by Gasteiger charge is -1.93. The Morgan fingerprint density at radius 3 is 2.43 bits per heavy atom. The molecule has 1 N–H and O–H groups in total. The third kappa shape index (κ3) is 2.76. The number of carboxylic acid groups (broad SMARTS) is 1. The molecule has 0 saturated heterocycles. The van der Waals surface area contributed by atoms with Gasteiger partial charge in [0.05, 0.1) is 0 Å². The van der Waals surface area contributed by atoms with Crippen LogP contribution in [0.5, 0.6) is 0 Å². The van der Waals surface area contributed by atoms with Gasteiger partial charge < -0.3 is 5.11 Å². The topological polar surface area (TPSA) is 37.3 Å². The van der Waals surface area contributed by atoms with Crippen molar-refractivity contribution in [2.45, 2.75) is 4.71 Å². The molecule has 0 rings (SSSR count). The van der Waals surface area contributed by atoms with Crippen LogP contribution in [0, 0.1) is 0 Å². The van der Waals surface area contributed by atoms with Crippen molar-refractivity contribution in [1.29, 1.82) is 0 Å². The molecule has 0 fully saturated rings. The highest BCUT2D eigenvalue weighted by Crippen LogP contribution is 2.09. The van der Waals surface area contributed by atoms with Crippen molar-refractivity contribution in [3.63, 3.8) is 0 Å². The minimum atomic E-state index is -0.978. The van der Waals surface area contributed by atoms with Gasteiger partial charge in [0.2, 0.25) is 0 Å². The van der Waals surface area contributed by atoms with Crippen LogP contribution in [0.25, 0.3) is 0 Å². The quantitative estimate of drug-likeness (QED) is 0.582. The van der Waals surface area contributed by atoms with E-state index in [0.717, 1.165) is 11.8 Å². The van der Waals surface area contributed by atoms with Crippen molar-refractivity contribution in [3.8, 4) is 0 Å². The summed E-state index contributed by atoms with van der Waals surface area (Å²) in [5.41, 5.74) is 0. The van der Waals surface area contributed by atoms with Crippen molar-refractivity contribution in [2.24, 2.45) is 0 Å². The molecular weight excluding hydrogens is 136 g/mol. The molecule has 7 heavy (non-hydrogen) atoms. The Kier molecular flexibility index (Phi) is 3.21. The molecule has 0 bridgehead atoms. The van der Waals surface area contributed by atoms with Crippen LogP contribution in [0.3, 0.4) is 0 Å². The molecule has 0 spiro atoms. The Hall–Kier alpha value is 0.110. The lowest BCUT2D eigenvalue weighted by Crippen LogP contribution is -2.06. The van der Waals surface area contributed by atoms with Gasteiger partial charge in [-0.25, -0.2) is 4.79 Å². The number of carboxylic acids is 1. The number of hydrogen-bond acceptors (Lipinski definition) is 2. The molecule has 0 aromatic rings. The van der Waals surface area contributed by atoms with Crippen molar-refractivity contribution >= 4 is 29.3 Å². The molecule has 1 atom stereocenters. The average Bonchev–Trinajstić information content (AvgIpc) is 1.65. The molecule has 42 valence electrons. The van der Waals surface area contributed by atoms with Gasteiger partial charge in [-0.1, -0.05) is 11.6 Å². The van der Waals surface area contributed by atoms with Gasteiger partial charge in [-0.2, -0.15) is 0 Å². The summed E-state index contributed by atoms with van der Waals surface area (Å²) in [4.78, 5) is 9.78. The zero-order chi connectivity index (χ0) is 5.86. The third-order valence-corrected chi connectivity index (χ3v) is 1.74. The number of hydrogen-bond donors (Lipinski definition) is 1. The first-order valence-electron chi connectivity index (χ1n) is 1.58. The number of thioether (sulfide) groups is 1. The molecule has 0 saturated carbocycles. The SMILES string of the molecule is CSC(Cl)C(=O)O. The molecule has 0 radical (unpaired) electrons. The second kappa shape index (κ2) is 3.16. The van der Waals surface area contributed by atoms with Crippen LogP contribution in [-0.2, 0) is 4.79 Å². The van der Waals surface area contributed by atoms with Crippen LogP contribution in [0.1, 0.15) is 0 Å². The van der Waals surface area contributed by atoms with E-state index in [9.17, 15) is 4.79 Å². The molecule has 0 amide bonds. The number of alkyl halides is 1. The molecule has 0 aromatic heterocycles. The number of carbonyl (C=O) groups is 1. The highest BCUT2D eigenvalue weighted by atomic mass is 35.5. The van der Waals surface area contributed by atoms with Crippen LogP contribution in [0.4, 0.5) is 0 Å². The van der Waals surface area contributed by atoms with Gasteiger partial charge in [-0.05, 0) is 6.26 Å². The highest BCUT2D eigenvalue weighted by molar-refractivity contribution is 8.01. The maximum absolute atomic E-state index is 9.78. The van der Waals surface area contributed by atoms with Gasteiger partial charge >= 0.3 is 5.97 Å². The molecule has 1 unspecified atom stereocenters. The maximum atomic E-state index is 9.78. The van der Waals surface area contributed by atoms with Crippen LogP contribution >= 0.6 is 23.4 Å². The molecule has 0 aliphatic carbocycles. The fraction of sp³-hybridized carbons (Fsp3) is 0.667. The Labute approximate surface area is 50.9 Å². The summed E-state index contributed by atoms with van der Waals surface area (Å²) in [5.74, 6) is -0.978. The summed E-state index contributed by atoms with van der Waals surface area (Å²) in [5, 5.41) is 8.03. The summed E-state index contributed by atoms with van der Waals surface area (Å²) in [7, 11) is 0. The Bertz CT molecular complexity index is 75.3. The van der Waals surface area contributed by atoms with E-state index >= 15 is 0 Å². The predicted octanol–water partition coefficient (Wildman–Crippen LogP) is 0.999. The molecule has 4 heteroatoms. The van der Waals surface area contributed by atoms with E-state index in [1.165, 1.54) is 0 Å². The van der Waals surface area contributed by atoms with Crippen LogP contribution < -0.4 is 0 Å². The molecule has 0 heterocycles. The molecule has 0 aliphatic heterocycles. The van der Waals surface area contributed by atoms with Crippen LogP contribution in [0.2, 0.25) is 0 Å². The van der Waals surface area contributed by atoms with E-state index in [1.807, 2.05) is 0 Å². The molecule has 0 aromatic carbocycles. The predicted molar refractivity (Wildman–Crippen MR) is 30.8 cm³/mol.